The first-order valence-electron chi connectivity index (χ1n) is 8.18. The van der Waals surface area contributed by atoms with Crippen LogP contribution in [-0.4, -0.2) is 28.2 Å². The molecule has 0 saturated heterocycles. The number of hydrogen-bond donors (Lipinski definition) is 1. The normalized spacial score (nSPS) is 13.5. The van der Waals surface area contributed by atoms with E-state index in [1.54, 1.807) is 11.8 Å². The molecule has 122 valence electrons. The quantitative estimate of drug-likeness (QED) is 0.734. The fourth-order valence-corrected chi connectivity index (χ4v) is 3.95. The molecule has 1 amide bonds. The number of benzene rings is 2. The van der Waals surface area contributed by atoms with Crippen LogP contribution < -0.4 is 4.90 Å². The Bertz CT molecular complexity index is 903. The Morgan fingerprint density at radius 3 is 3.08 bits per heavy atom. The summed E-state index contributed by atoms with van der Waals surface area (Å²) < 4.78 is 0. The number of anilines is 1. The minimum Gasteiger partial charge on any atom is -0.333 e. The summed E-state index contributed by atoms with van der Waals surface area (Å²) in [5.74, 6) is 0.926. The van der Waals surface area contributed by atoms with E-state index in [-0.39, 0.29) is 5.91 Å². The summed E-state index contributed by atoms with van der Waals surface area (Å²) in [4.78, 5) is 22.3. The highest BCUT2D eigenvalue weighted by Crippen LogP contribution is 2.28. The Balaban J connectivity index is 1.37. The highest BCUT2D eigenvalue weighted by molar-refractivity contribution is 7.99. The van der Waals surface area contributed by atoms with Crippen LogP contribution in [-0.2, 0) is 11.2 Å². The van der Waals surface area contributed by atoms with E-state index < -0.39 is 0 Å². The van der Waals surface area contributed by atoms with Crippen molar-refractivity contribution >= 4 is 34.4 Å². The van der Waals surface area contributed by atoms with E-state index >= 15 is 0 Å². The predicted octanol–water partition coefficient (Wildman–Crippen LogP) is 3.94. The van der Waals surface area contributed by atoms with Gasteiger partial charge in [-0.15, -0.1) is 0 Å². The van der Waals surface area contributed by atoms with Crippen molar-refractivity contribution in [1.29, 1.82) is 0 Å². The van der Waals surface area contributed by atoms with Crippen LogP contribution in [0.1, 0.15) is 17.5 Å². The summed E-state index contributed by atoms with van der Waals surface area (Å²) in [7, 11) is 0. The first-order valence-corrected chi connectivity index (χ1v) is 9.17. The van der Waals surface area contributed by atoms with Crippen LogP contribution in [0.4, 0.5) is 5.69 Å². The molecule has 24 heavy (non-hydrogen) atoms. The SMILES string of the molecule is Cc1ccc2nc(SCCC(=O)N3CCc4ccccc43)[nH]c2c1. The molecule has 1 aliphatic rings. The van der Waals surface area contributed by atoms with E-state index in [4.69, 9.17) is 0 Å². The molecule has 0 radical (unpaired) electrons. The first kappa shape index (κ1) is 15.3. The van der Waals surface area contributed by atoms with Crippen LogP contribution >= 0.6 is 11.8 Å². The molecule has 0 bridgehead atoms. The molecule has 3 aromatic rings. The Morgan fingerprint density at radius 2 is 2.17 bits per heavy atom. The first-order chi connectivity index (χ1) is 11.7. The molecule has 2 heterocycles. The lowest BCUT2D eigenvalue weighted by Crippen LogP contribution is -2.29. The number of imidazole rings is 1. The van der Waals surface area contributed by atoms with Crippen molar-refractivity contribution in [3.05, 3.63) is 53.6 Å². The van der Waals surface area contributed by atoms with Gasteiger partial charge in [0.25, 0.3) is 0 Å². The van der Waals surface area contributed by atoms with E-state index in [0.717, 1.165) is 40.6 Å². The maximum Gasteiger partial charge on any atom is 0.227 e. The molecule has 1 aliphatic heterocycles. The van der Waals surface area contributed by atoms with Gasteiger partial charge in [0, 0.05) is 24.4 Å². The summed E-state index contributed by atoms with van der Waals surface area (Å²) >= 11 is 1.61. The summed E-state index contributed by atoms with van der Waals surface area (Å²) in [6, 6.07) is 14.4. The minimum absolute atomic E-state index is 0.194. The van der Waals surface area contributed by atoms with Gasteiger partial charge in [0.2, 0.25) is 5.91 Å². The molecular weight excluding hydrogens is 318 g/mol. The van der Waals surface area contributed by atoms with Gasteiger partial charge in [-0.05, 0) is 42.7 Å². The Kier molecular flexibility index (Phi) is 4.02. The molecule has 0 unspecified atom stereocenters. The summed E-state index contributed by atoms with van der Waals surface area (Å²) in [6.45, 7) is 2.87. The highest BCUT2D eigenvalue weighted by Gasteiger charge is 2.23. The second-order valence-corrected chi connectivity index (χ2v) is 7.17. The average Bonchev–Trinajstić information content (AvgIpc) is 3.17. The summed E-state index contributed by atoms with van der Waals surface area (Å²) in [6.07, 6.45) is 1.48. The second kappa shape index (κ2) is 6.32. The maximum atomic E-state index is 12.5. The van der Waals surface area contributed by atoms with Crippen molar-refractivity contribution in [3.8, 4) is 0 Å². The number of H-pyrrole nitrogens is 1. The number of thioether (sulfide) groups is 1. The van der Waals surface area contributed by atoms with Gasteiger partial charge >= 0.3 is 0 Å². The Hall–Kier alpha value is -2.27. The number of rotatable bonds is 4. The van der Waals surface area contributed by atoms with Crippen LogP contribution in [0.15, 0.2) is 47.6 Å². The van der Waals surface area contributed by atoms with Gasteiger partial charge in [-0.2, -0.15) is 0 Å². The number of hydrogen-bond acceptors (Lipinski definition) is 3. The van der Waals surface area contributed by atoms with Gasteiger partial charge in [0.1, 0.15) is 0 Å². The van der Waals surface area contributed by atoms with E-state index in [9.17, 15) is 4.79 Å². The molecule has 0 aliphatic carbocycles. The third-order valence-corrected chi connectivity index (χ3v) is 5.23. The smallest absolute Gasteiger partial charge is 0.227 e. The minimum atomic E-state index is 0.194. The zero-order chi connectivity index (χ0) is 16.5. The number of aryl methyl sites for hydroxylation is 1. The fourth-order valence-electron chi connectivity index (χ4n) is 3.14. The van der Waals surface area contributed by atoms with Gasteiger partial charge in [0.05, 0.1) is 11.0 Å². The lowest BCUT2D eigenvalue weighted by Gasteiger charge is -2.16. The lowest BCUT2D eigenvalue weighted by atomic mass is 10.2. The number of carbonyl (C=O) groups is 1. The van der Waals surface area contributed by atoms with Crippen LogP contribution in [0.3, 0.4) is 0 Å². The Morgan fingerprint density at radius 1 is 1.29 bits per heavy atom. The molecule has 0 fully saturated rings. The number of aromatic nitrogens is 2. The standard InChI is InChI=1S/C19H19N3OS/c1-13-6-7-15-16(12-13)21-19(20-15)24-11-9-18(23)22-10-8-14-4-2-3-5-17(14)22/h2-7,12H,8-11H2,1H3,(H,20,21). The number of nitrogens with zero attached hydrogens (tertiary/aromatic N) is 2. The van der Waals surface area contributed by atoms with Crippen molar-refractivity contribution in [2.24, 2.45) is 0 Å². The highest BCUT2D eigenvalue weighted by atomic mass is 32.2. The molecule has 0 atom stereocenters. The lowest BCUT2D eigenvalue weighted by molar-refractivity contribution is -0.118. The van der Waals surface area contributed by atoms with Gasteiger partial charge < -0.3 is 9.88 Å². The van der Waals surface area contributed by atoms with Crippen molar-refractivity contribution < 1.29 is 4.79 Å². The number of nitrogens with one attached hydrogen (secondary N) is 1. The Labute approximate surface area is 145 Å². The largest absolute Gasteiger partial charge is 0.333 e. The van der Waals surface area contributed by atoms with E-state index in [1.165, 1.54) is 11.1 Å². The molecule has 2 aromatic carbocycles. The molecular formula is C19H19N3OS. The van der Waals surface area contributed by atoms with Crippen molar-refractivity contribution in [3.63, 3.8) is 0 Å². The third kappa shape index (κ3) is 2.91. The summed E-state index contributed by atoms with van der Waals surface area (Å²) in [5.41, 5.74) is 5.59. The molecule has 4 rings (SSSR count). The number of amides is 1. The van der Waals surface area contributed by atoms with Crippen LogP contribution in [0.2, 0.25) is 0 Å². The molecule has 0 spiro atoms. The zero-order valence-electron chi connectivity index (χ0n) is 13.6. The predicted molar refractivity (Wildman–Crippen MR) is 98.7 cm³/mol. The van der Waals surface area contributed by atoms with Gasteiger partial charge in [0.15, 0.2) is 5.16 Å². The fraction of sp³-hybridized carbons (Fsp3) is 0.263. The number of carbonyl (C=O) groups excluding carboxylic acids is 1. The van der Waals surface area contributed by atoms with Crippen molar-refractivity contribution in [1.82, 2.24) is 9.97 Å². The second-order valence-electron chi connectivity index (χ2n) is 6.09. The number of aromatic amines is 1. The topological polar surface area (TPSA) is 49.0 Å². The van der Waals surface area contributed by atoms with Crippen LogP contribution in [0, 0.1) is 6.92 Å². The molecule has 4 nitrogen and oxygen atoms in total. The van der Waals surface area contributed by atoms with Crippen molar-refractivity contribution in [2.75, 3.05) is 17.2 Å². The van der Waals surface area contributed by atoms with Gasteiger partial charge in [-0.25, -0.2) is 4.98 Å². The van der Waals surface area contributed by atoms with E-state index in [0.29, 0.717) is 6.42 Å². The summed E-state index contributed by atoms with van der Waals surface area (Å²) in [5, 5.41) is 0.880. The molecule has 0 saturated carbocycles. The van der Waals surface area contributed by atoms with Gasteiger partial charge in [-0.1, -0.05) is 36.0 Å². The molecule has 1 N–H and O–H groups in total. The van der Waals surface area contributed by atoms with Crippen LogP contribution in [0.25, 0.3) is 11.0 Å². The van der Waals surface area contributed by atoms with E-state index in [1.807, 2.05) is 29.2 Å². The zero-order valence-corrected chi connectivity index (χ0v) is 14.4. The monoisotopic (exact) mass is 337 g/mol. The third-order valence-electron chi connectivity index (χ3n) is 4.36. The molecule has 1 aromatic heterocycles. The van der Waals surface area contributed by atoms with Gasteiger partial charge in [-0.3, -0.25) is 4.79 Å². The number of para-hydroxylation sites is 1. The maximum absolute atomic E-state index is 12.5. The molecule has 5 heteroatoms. The van der Waals surface area contributed by atoms with Crippen LogP contribution in [0.5, 0.6) is 0 Å². The van der Waals surface area contributed by atoms with E-state index in [2.05, 4.69) is 35.1 Å². The van der Waals surface area contributed by atoms with Crippen molar-refractivity contribution in [2.45, 2.75) is 24.9 Å². The average molecular weight is 337 g/mol. The number of fused-ring (bicyclic) bond motifs is 2.